The second kappa shape index (κ2) is 8.56. The van der Waals surface area contributed by atoms with E-state index in [1.54, 1.807) is 24.5 Å². The van der Waals surface area contributed by atoms with Gasteiger partial charge in [-0.25, -0.2) is 13.9 Å². The molecule has 0 unspecified atom stereocenters. The Morgan fingerprint density at radius 1 is 0.879 bits per heavy atom. The fourth-order valence-corrected chi connectivity index (χ4v) is 5.26. The Morgan fingerprint density at radius 3 is 2.42 bits per heavy atom. The summed E-state index contributed by atoms with van der Waals surface area (Å²) < 4.78 is 16.0. The van der Waals surface area contributed by atoms with Gasteiger partial charge in [-0.1, -0.05) is 12.1 Å². The molecule has 2 fully saturated rings. The maximum Gasteiger partial charge on any atom is 0.162 e. The number of anilines is 1. The lowest BCUT2D eigenvalue weighted by atomic mass is 10.0. The molecule has 0 aliphatic carbocycles. The topological polar surface area (TPSA) is 49.6 Å². The maximum atomic E-state index is 14.1. The van der Waals surface area contributed by atoms with E-state index < -0.39 is 0 Å². The number of rotatable bonds is 4. The zero-order chi connectivity index (χ0) is 22.2. The van der Waals surface area contributed by atoms with Gasteiger partial charge in [-0.2, -0.15) is 0 Å². The van der Waals surface area contributed by atoms with Crippen LogP contribution in [0.4, 0.5) is 10.2 Å². The van der Waals surface area contributed by atoms with Gasteiger partial charge in [-0.05, 0) is 74.7 Å². The van der Waals surface area contributed by atoms with Gasteiger partial charge < -0.3 is 9.80 Å². The summed E-state index contributed by atoms with van der Waals surface area (Å²) in [6, 6.07) is 13.4. The van der Waals surface area contributed by atoms with Crippen molar-refractivity contribution < 1.29 is 4.39 Å². The lowest BCUT2D eigenvalue weighted by Crippen LogP contribution is -2.44. The van der Waals surface area contributed by atoms with Crippen LogP contribution >= 0.6 is 0 Å². The zero-order valence-electron chi connectivity index (χ0n) is 18.6. The number of hydrogen-bond acceptors (Lipinski definition) is 5. The van der Waals surface area contributed by atoms with Crippen molar-refractivity contribution in [3.8, 4) is 22.4 Å². The standard InChI is InChI=1S/C26H27FN6/c27-21-5-3-4-20(16-21)23-17-25(32-14-8-22(9-15-32)31-12-1-2-13-31)30-33-24(18-29-26(23)33)19-6-10-28-11-7-19/h3-7,10-11,16-18,22H,1-2,8-9,12-15H2. The summed E-state index contributed by atoms with van der Waals surface area (Å²) in [6.07, 6.45) is 10.3. The summed E-state index contributed by atoms with van der Waals surface area (Å²) in [5.74, 6) is 0.659. The van der Waals surface area contributed by atoms with Gasteiger partial charge >= 0.3 is 0 Å². The first-order chi connectivity index (χ1) is 16.3. The molecule has 2 saturated heterocycles. The van der Waals surface area contributed by atoms with Gasteiger partial charge in [0, 0.05) is 42.7 Å². The highest BCUT2D eigenvalue weighted by molar-refractivity contribution is 5.81. The molecule has 0 N–H and O–H groups in total. The third kappa shape index (κ3) is 3.86. The predicted molar refractivity (Wildman–Crippen MR) is 128 cm³/mol. The van der Waals surface area contributed by atoms with Gasteiger partial charge in [-0.3, -0.25) is 4.98 Å². The number of hydrogen-bond donors (Lipinski definition) is 0. The molecule has 0 saturated carbocycles. The third-order valence-corrected chi connectivity index (χ3v) is 7.01. The minimum atomic E-state index is -0.253. The number of nitrogens with zero attached hydrogens (tertiary/aromatic N) is 6. The largest absolute Gasteiger partial charge is 0.355 e. The van der Waals surface area contributed by atoms with E-state index in [-0.39, 0.29) is 5.82 Å². The number of aromatic nitrogens is 4. The van der Waals surface area contributed by atoms with Crippen LogP contribution in [0.2, 0.25) is 0 Å². The van der Waals surface area contributed by atoms with E-state index in [4.69, 9.17) is 5.10 Å². The van der Waals surface area contributed by atoms with Crippen LogP contribution in [-0.2, 0) is 0 Å². The molecule has 0 amide bonds. The Bertz CT molecular complexity index is 1260. The number of likely N-dealkylation sites (tertiary alicyclic amines) is 1. The normalized spacial score (nSPS) is 17.8. The lowest BCUT2D eigenvalue weighted by Gasteiger charge is -2.37. The first kappa shape index (κ1) is 20.3. The molecule has 0 radical (unpaired) electrons. The Morgan fingerprint density at radius 2 is 1.67 bits per heavy atom. The van der Waals surface area contributed by atoms with Crippen LogP contribution in [0.1, 0.15) is 25.7 Å². The van der Waals surface area contributed by atoms with Crippen molar-refractivity contribution in [1.82, 2.24) is 24.5 Å². The van der Waals surface area contributed by atoms with Crippen LogP contribution in [0, 0.1) is 5.82 Å². The molecular formula is C26H27FN6. The van der Waals surface area contributed by atoms with E-state index in [1.807, 2.05) is 28.9 Å². The minimum absolute atomic E-state index is 0.253. The van der Waals surface area contributed by atoms with Crippen LogP contribution in [-0.4, -0.2) is 56.7 Å². The first-order valence-electron chi connectivity index (χ1n) is 11.8. The molecule has 0 spiro atoms. The highest BCUT2D eigenvalue weighted by atomic mass is 19.1. The molecule has 2 aliphatic heterocycles. The Labute approximate surface area is 192 Å². The first-order valence-corrected chi connectivity index (χ1v) is 11.8. The van der Waals surface area contributed by atoms with Crippen molar-refractivity contribution >= 4 is 11.5 Å². The summed E-state index contributed by atoms with van der Waals surface area (Å²) >= 11 is 0. The minimum Gasteiger partial charge on any atom is -0.355 e. The Kier molecular flexibility index (Phi) is 5.26. The predicted octanol–water partition coefficient (Wildman–Crippen LogP) is 4.66. The van der Waals surface area contributed by atoms with Crippen molar-refractivity contribution in [3.05, 3.63) is 66.9 Å². The number of benzene rings is 1. The smallest absolute Gasteiger partial charge is 0.162 e. The highest BCUT2D eigenvalue weighted by Gasteiger charge is 2.27. The van der Waals surface area contributed by atoms with E-state index in [1.165, 1.54) is 32.0 Å². The monoisotopic (exact) mass is 442 g/mol. The van der Waals surface area contributed by atoms with Crippen LogP contribution in [0.3, 0.4) is 0 Å². The summed E-state index contributed by atoms with van der Waals surface area (Å²) in [5.41, 5.74) is 4.33. The Balaban J connectivity index is 1.41. The SMILES string of the molecule is Fc1cccc(-c2cc(N3CCC(N4CCCC4)CC3)nn3c(-c4ccncc4)cnc23)c1. The summed E-state index contributed by atoms with van der Waals surface area (Å²) in [5, 5.41) is 5.02. The number of fused-ring (bicyclic) bond motifs is 1. The van der Waals surface area contributed by atoms with Crippen LogP contribution in [0.15, 0.2) is 61.1 Å². The fourth-order valence-electron chi connectivity index (χ4n) is 5.26. The van der Waals surface area contributed by atoms with Gasteiger partial charge in [0.15, 0.2) is 5.65 Å². The second-order valence-corrected chi connectivity index (χ2v) is 9.00. The van der Waals surface area contributed by atoms with Crippen molar-refractivity contribution in [3.63, 3.8) is 0 Å². The van der Waals surface area contributed by atoms with Crippen molar-refractivity contribution in [2.24, 2.45) is 0 Å². The molecule has 4 aromatic rings. The van der Waals surface area contributed by atoms with Crippen LogP contribution in [0.5, 0.6) is 0 Å². The van der Waals surface area contributed by atoms with E-state index in [2.05, 4.69) is 25.8 Å². The van der Waals surface area contributed by atoms with E-state index in [0.29, 0.717) is 6.04 Å². The summed E-state index contributed by atoms with van der Waals surface area (Å²) in [7, 11) is 0. The molecule has 33 heavy (non-hydrogen) atoms. The summed E-state index contributed by atoms with van der Waals surface area (Å²) in [6.45, 7) is 4.43. The molecule has 0 bridgehead atoms. The quantitative estimate of drug-likeness (QED) is 0.460. The molecule has 2 aliphatic rings. The number of piperidine rings is 1. The second-order valence-electron chi connectivity index (χ2n) is 9.00. The van der Waals surface area contributed by atoms with Gasteiger partial charge in [-0.15, -0.1) is 5.10 Å². The molecule has 3 aromatic heterocycles. The van der Waals surface area contributed by atoms with Crippen molar-refractivity contribution in [2.45, 2.75) is 31.7 Å². The Hall–Kier alpha value is -3.32. The van der Waals surface area contributed by atoms with Crippen LogP contribution < -0.4 is 4.90 Å². The maximum absolute atomic E-state index is 14.1. The highest BCUT2D eigenvalue weighted by Crippen LogP contribution is 2.32. The van der Waals surface area contributed by atoms with E-state index in [0.717, 1.165) is 59.8 Å². The number of pyridine rings is 1. The van der Waals surface area contributed by atoms with Gasteiger partial charge in [0.1, 0.15) is 11.6 Å². The van der Waals surface area contributed by atoms with Gasteiger partial charge in [0.2, 0.25) is 0 Å². The zero-order valence-corrected chi connectivity index (χ0v) is 18.6. The molecule has 7 heteroatoms. The van der Waals surface area contributed by atoms with Crippen LogP contribution in [0.25, 0.3) is 28.0 Å². The van der Waals surface area contributed by atoms with Crippen molar-refractivity contribution in [1.29, 1.82) is 0 Å². The third-order valence-electron chi connectivity index (χ3n) is 7.01. The molecule has 1 aromatic carbocycles. The average molecular weight is 443 g/mol. The van der Waals surface area contributed by atoms with Gasteiger partial charge in [0.25, 0.3) is 0 Å². The molecule has 168 valence electrons. The van der Waals surface area contributed by atoms with E-state index >= 15 is 0 Å². The molecule has 0 atom stereocenters. The molecule has 5 heterocycles. The molecule has 6 nitrogen and oxygen atoms in total. The van der Waals surface area contributed by atoms with E-state index in [9.17, 15) is 4.39 Å². The average Bonchev–Trinajstić information content (AvgIpc) is 3.55. The summed E-state index contributed by atoms with van der Waals surface area (Å²) in [4.78, 5) is 13.8. The van der Waals surface area contributed by atoms with Gasteiger partial charge in [0.05, 0.1) is 11.9 Å². The van der Waals surface area contributed by atoms with Crippen molar-refractivity contribution in [2.75, 3.05) is 31.1 Å². The molecular weight excluding hydrogens is 415 g/mol. The fraction of sp³-hybridized carbons (Fsp3) is 0.346. The molecule has 6 rings (SSSR count). The lowest BCUT2D eigenvalue weighted by molar-refractivity contribution is 0.207. The number of halogens is 1. The number of imidazole rings is 1.